The number of hydrogen-bond acceptors (Lipinski definition) is 5. The van der Waals surface area contributed by atoms with E-state index < -0.39 is 15.9 Å². The molecule has 8 heteroatoms. The fourth-order valence-corrected chi connectivity index (χ4v) is 4.33. The topological polar surface area (TPSA) is 102 Å². The molecule has 0 aromatic heterocycles. The fourth-order valence-electron chi connectivity index (χ4n) is 2.96. The van der Waals surface area contributed by atoms with Crippen molar-refractivity contribution >= 4 is 33.2 Å². The van der Waals surface area contributed by atoms with Gasteiger partial charge in [-0.3, -0.25) is 10.1 Å². The van der Waals surface area contributed by atoms with Crippen LogP contribution >= 0.6 is 0 Å². The molecular weight excluding hydrogens is 440 g/mol. The molecule has 0 heterocycles. The van der Waals surface area contributed by atoms with Crippen LogP contribution in [0.2, 0.25) is 0 Å². The molecule has 0 aliphatic heterocycles. The third-order valence-electron chi connectivity index (χ3n) is 4.59. The molecule has 7 nitrogen and oxygen atoms in total. The van der Waals surface area contributed by atoms with Crippen LogP contribution in [-0.4, -0.2) is 27.0 Å². The van der Waals surface area contributed by atoms with Crippen molar-refractivity contribution in [3.8, 4) is 0 Å². The van der Waals surface area contributed by atoms with Gasteiger partial charge in [-0.1, -0.05) is 50.2 Å². The summed E-state index contributed by atoms with van der Waals surface area (Å²) in [6, 6.07) is 21.4. The second-order valence-electron chi connectivity index (χ2n) is 7.92. The molecule has 0 radical (unpaired) electrons. The Balaban J connectivity index is 1.61. The predicted octanol–water partition coefficient (Wildman–Crippen LogP) is 5.12. The summed E-state index contributed by atoms with van der Waals surface area (Å²) in [7, 11) is -3.46. The summed E-state index contributed by atoms with van der Waals surface area (Å²) in [5, 5.41) is 5.39. The molecule has 0 atom stereocenters. The maximum absolute atomic E-state index is 12.6. The van der Waals surface area contributed by atoms with Crippen LogP contribution in [0.25, 0.3) is 0 Å². The van der Waals surface area contributed by atoms with E-state index in [-0.39, 0.29) is 22.5 Å². The van der Waals surface area contributed by atoms with Gasteiger partial charge in [0.25, 0.3) is 5.91 Å². The summed E-state index contributed by atoms with van der Waals surface area (Å²) in [4.78, 5) is 24.7. The van der Waals surface area contributed by atoms with Crippen molar-refractivity contribution in [3.63, 3.8) is 0 Å². The quantitative estimate of drug-likeness (QED) is 0.480. The fraction of sp³-hybridized carbons (Fsp3) is 0.200. The largest absolute Gasteiger partial charge is 0.449 e. The van der Waals surface area contributed by atoms with Gasteiger partial charge in [0, 0.05) is 16.9 Å². The summed E-state index contributed by atoms with van der Waals surface area (Å²) in [6.07, 6.45) is -0.562. The second kappa shape index (κ2) is 10.8. The second-order valence-corrected chi connectivity index (χ2v) is 9.91. The number of ether oxygens (including phenoxy) is 1. The molecule has 0 unspecified atom stereocenters. The van der Waals surface area contributed by atoms with Gasteiger partial charge in [0.2, 0.25) is 0 Å². The van der Waals surface area contributed by atoms with Gasteiger partial charge >= 0.3 is 6.09 Å². The summed E-state index contributed by atoms with van der Waals surface area (Å²) in [6.45, 7) is 4.20. The monoisotopic (exact) mass is 466 g/mol. The van der Waals surface area contributed by atoms with E-state index in [1.807, 2.05) is 13.8 Å². The highest BCUT2D eigenvalue weighted by atomic mass is 32.2. The van der Waals surface area contributed by atoms with E-state index in [1.54, 1.807) is 78.9 Å². The van der Waals surface area contributed by atoms with Gasteiger partial charge in [-0.25, -0.2) is 13.2 Å². The predicted molar refractivity (Wildman–Crippen MR) is 128 cm³/mol. The third-order valence-corrected chi connectivity index (χ3v) is 6.29. The first-order valence-corrected chi connectivity index (χ1v) is 12.1. The summed E-state index contributed by atoms with van der Waals surface area (Å²) in [5.74, 6) is -0.280. The highest BCUT2D eigenvalue weighted by Crippen LogP contribution is 2.19. The zero-order chi connectivity index (χ0) is 23.8. The normalized spacial score (nSPS) is 11.1. The SMILES string of the molecule is CC(C)COC(=O)Nc1cccc(NC(=O)c2ccc(CS(=O)(=O)c3ccccc3)cc2)c1. The number of hydrogen-bond donors (Lipinski definition) is 2. The maximum atomic E-state index is 12.6. The zero-order valence-corrected chi connectivity index (χ0v) is 19.3. The molecule has 2 N–H and O–H groups in total. The first kappa shape index (κ1) is 24.0. The lowest BCUT2D eigenvalue weighted by Crippen LogP contribution is -2.17. The Hall–Kier alpha value is -3.65. The molecule has 0 fully saturated rings. The molecule has 3 rings (SSSR count). The molecule has 0 aliphatic rings. The number of carbonyl (C=O) groups excluding carboxylic acids is 2. The average molecular weight is 467 g/mol. The van der Waals surface area contributed by atoms with Gasteiger partial charge in [0.1, 0.15) is 0 Å². The Bertz CT molecular complexity index is 1210. The van der Waals surface area contributed by atoms with Gasteiger partial charge in [-0.15, -0.1) is 0 Å². The zero-order valence-electron chi connectivity index (χ0n) is 18.4. The maximum Gasteiger partial charge on any atom is 0.411 e. The molecule has 0 bridgehead atoms. The molecular formula is C25H26N2O5S. The van der Waals surface area contributed by atoms with Crippen molar-refractivity contribution in [1.82, 2.24) is 0 Å². The van der Waals surface area contributed by atoms with Crippen LogP contribution in [-0.2, 0) is 20.3 Å². The van der Waals surface area contributed by atoms with E-state index in [1.165, 1.54) is 0 Å². The lowest BCUT2D eigenvalue weighted by Gasteiger charge is -2.11. The van der Waals surface area contributed by atoms with Crippen LogP contribution in [0.15, 0.2) is 83.8 Å². The first-order valence-electron chi connectivity index (χ1n) is 10.4. The van der Waals surface area contributed by atoms with Crippen LogP contribution in [0.3, 0.4) is 0 Å². The molecule has 3 aromatic carbocycles. The smallest absolute Gasteiger partial charge is 0.411 e. The van der Waals surface area contributed by atoms with Crippen molar-refractivity contribution in [2.24, 2.45) is 5.92 Å². The standard InChI is InChI=1S/C25H26N2O5S/c1-18(2)16-32-25(29)27-22-8-6-7-21(15-22)26-24(28)20-13-11-19(12-14-20)17-33(30,31)23-9-4-3-5-10-23/h3-15,18H,16-17H2,1-2H3,(H,26,28)(H,27,29). The van der Waals surface area contributed by atoms with Crippen LogP contribution in [0.4, 0.5) is 16.2 Å². The number of nitrogens with one attached hydrogen (secondary N) is 2. The van der Waals surface area contributed by atoms with Crippen LogP contribution in [0.5, 0.6) is 0 Å². The van der Waals surface area contributed by atoms with Crippen molar-refractivity contribution in [3.05, 3.63) is 90.0 Å². The summed E-state index contributed by atoms with van der Waals surface area (Å²) in [5.41, 5.74) is 1.95. The molecule has 172 valence electrons. The number of rotatable bonds is 8. The molecule has 0 spiro atoms. The Morgan fingerprint density at radius 1 is 0.848 bits per heavy atom. The summed E-state index contributed by atoms with van der Waals surface area (Å²) >= 11 is 0. The van der Waals surface area contributed by atoms with Crippen LogP contribution in [0.1, 0.15) is 29.8 Å². The molecule has 0 saturated carbocycles. The van der Waals surface area contributed by atoms with Crippen molar-refractivity contribution in [2.45, 2.75) is 24.5 Å². The van der Waals surface area contributed by atoms with E-state index in [0.29, 0.717) is 29.1 Å². The van der Waals surface area contributed by atoms with E-state index in [0.717, 1.165) is 0 Å². The lowest BCUT2D eigenvalue weighted by atomic mass is 10.1. The molecule has 3 aromatic rings. The van der Waals surface area contributed by atoms with Gasteiger partial charge in [-0.2, -0.15) is 0 Å². The van der Waals surface area contributed by atoms with Crippen LogP contribution in [0, 0.1) is 5.92 Å². The molecule has 0 aliphatic carbocycles. The van der Waals surface area contributed by atoms with Gasteiger partial charge in [0.05, 0.1) is 17.3 Å². The average Bonchev–Trinajstić information content (AvgIpc) is 2.79. The number of benzene rings is 3. The highest BCUT2D eigenvalue weighted by Gasteiger charge is 2.15. The number of carbonyl (C=O) groups is 2. The Morgan fingerprint density at radius 2 is 1.48 bits per heavy atom. The number of amides is 2. The van der Waals surface area contributed by atoms with Crippen molar-refractivity contribution < 1.29 is 22.7 Å². The highest BCUT2D eigenvalue weighted by molar-refractivity contribution is 7.90. The molecule has 0 saturated heterocycles. The minimum absolute atomic E-state index is 0.153. The lowest BCUT2D eigenvalue weighted by molar-refractivity contribution is 0.102. The van der Waals surface area contributed by atoms with E-state index >= 15 is 0 Å². The van der Waals surface area contributed by atoms with E-state index in [9.17, 15) is 18.0 Å². The molecule has 2 amide bonds. The molecule has 33 heavy (non-hydrogen) atoms. The van der Waals surface area contributed by atoms with Crippen molar-refractivity contribution in [2.75, 3.05) is 17.2 Å². The van der Waals surface area contributed by atoms with Gasteiger partial charge in [-0.05, 0) is 53.9 Å². The minimum Gasteiger partial charge on any atom is -0.449 e. The van der Waals surface area contributed by atoms with E-state index in [2.05, 4.69) is 10.6 Å². The number of anilines is 2. The number of sulfone groups is 1. The Kier molecular flexibility index (Phi) is 7.84. The summed E-state index contributed by atoms with van der Waals surface area (Å²) < 4.78 is 30.1. The third kappa shape index (κ3) is 7.18. The Labute approximate surface area is 193 Å². The Morgan fingerprint density at radius 3 is 2.12 bits per heavy atom. The van der Waals surface area contributed by atoms with Crippen LogP contribution < -0.4 is 10.6 Å². The first-order chi connectivity index (χ1) is 15.7. The van der Waals surface area contributed by atoms with E-state index in [4.69, 9.17) is 4.74 Å². The van der Waals surface area contributed by atoms with Gasteiger partial charge < -0.3 is 10.1 Å². The minimum atomic E-state index is -3.46. The van der Waals surface area contributed by atoms with Crippen molar-refractivity contribution in [1.29, 1.82) is 0 Å². The van der Waals surface area contributed by atoms with Gasteiger partial charge in [0.15, 0.2) is 9.84 Å².